The highest BCUT2D eigenvalue weighted by molar-refractivity contribution is 5.55. The van der Waals surface area contributed by atoms with Crippen LogP contribution in [0.25, 0.3) is 0 Å². The summed E-state index contributed by atoms with van der Waals surface area (Å²) in [5.74, 6) is -0.0853. The molecule has 0 bridgehead atoms. The molecule has 1 fully saturated rings. The molecule has 3 atom stereocenters. The standard InChI is InChI=1S/C14H20FNO2/c1-9(17)11-5-6-16(8-11)14-4-3-12(15)7-13(14)10(2)18/h3-4,7,9-11,17-18H,5-6,8H2,1-2H3/t9?,10-,11?/m1/s1. The molecule has 0 aromatic heterocycles. The minimum atomic E-state index is -0.693. The third-order valence-corrected chi connectivity index (χ3v) is 3.69. The fraction of sp³-hybridized carbons (Fsp3) is 0.571. The Balaban J connectivity index is 2.24. The smallest absolute Gasteiger partial charge is 0.123 e. The number of aliphatic hydroxyl groups is 2. The quantitative estimate of drug-likeness (QED) is 0.867. The number of hydrogen-bond donors (Lipinski definition) is 2. The van der Waals surface area contributed by atoms with Crippen LogP contribution in [0.5, 0.6) is 0 Å². The molecule has 1 saturated heterocycles. The molecule has 3 nitrogen and oxygen atoms in total. The van der Waals surface area contributed by atoms with E-state index < -0.39 is 6.10 Å². The molecule has 2 rings (SSSR count). The van der Waals surface area contributed by atoms with Gasteiger partial charge >= 0.3 is 0 Å². The fourth-order valence-electron chi connectivity index (χ4n) is 2.55. The van der Waals surface area contributed by atoms with E-state index in [9.17, 15) is 14.6 Å². The highest BCUT2D eigenvalue weighted by Gasteiger charge is 2.27. The van der Waals surface area contributed by atoms with Gasteiger partial charge in [-0.3, -0.25) is 0 Å². The van der Waals surface area contributed by atoms with E-state index >= 15 is 0 Å². The van der Waals surface area contributed by atoms with Crippen LogP contribution in [0.1, 0.15) is 31.9 Å². The first-order chi connectivity index (χ1) is 8.49. The maximum atomic E-state index is 13.2. The second-order valence-electron chi connectivity index (χ2n) is 5.11. The van der Waals surface area contributed by atoms with Crippen molar-refractivity contribution in [3.05, 3.63) is 29.6 Å². The van der Waals surface area contributed by atoms with E-state index in [4.69, 9.17) is 0 Å². The number of aliphatic hydroxyl groups excluding tert-OH is 2. The summed E-state index contributed by atoms with van der Waals surface area (Å²) in [6.45, 7) is 5.03. The first-order valence-corrected chi connectivity index (χ1v) is 6.39. The molecule has 1 aliphatic heterocycles. The average Bonchev–Trinajstić information content (AvgIpc) is 2.78. The van der Waals surface area contributed by atoms with E-state index in [-0.39, 0.29) is 17.8 Å². The van der Waals surface area contributed by atoms with Gasteiger partial charge in [0.25, 0.3) is 0 Å². The lowest BCUT2D eigenvalue weighted by Crippen LogP contribution is -2.25. The van der Waals surface area contributed by atoms with Gasteiger partial charge in [-0.25, -0.2) is 4.39 Å². The Morgan fingerprint density at radius 2 is 2.06 bits per heavy atom. The van der Waals surface area contributed by atoms with Gasteiger partial charge in [-0.15, -0.1) is 0 Å². The van der Waals surface area contributed by atoms with Crippen molar-refractivity contribution in [1.82, 2.24) is 0 Å². The zero-order valence-corrected chi connectivity index (χ0v) is 10.8. The third kappa shape index (κ3) is 2.65. The largest absolute Gasteiger partial charge is 0.393 e. The molecule has 1 aromatic rings. The lowest BCUT2D eigenvalue weighted by Gasteiger charge is -2.24. The van der Waals surface area contributed by atoms with Gasteiger partial charge < -0.3 is 15.1 Å². The molecule has 1 aromatic carbocycles. The van der Waals surface area contributed by atoms with Crippen LogP contribution >= 0.6 is 0 Å². The van der Waals surface area contributed by atoms with Gasteiger partial charge in [0, 0.05) is 30.3 Å². The molecule has 100 valence electrons. The van der Waals surface area contributed by atoms with Crippen LogP contribution in [-0.4, -0.2) is 29.4 Å². The molecule has 18 heavy (non-hydrogen) atoms. The van der Waals surface area contributed by atoms with E-state index in [0.717, 1.165) is 25.2 Å². The number of benzene rings is 1. The molecule has 2 unspecified atom stereocenters. The zero-order valence-electron chi connectivity index (χ0n) is 10.8. The van der Waals surface area contributed by atoms with Crippen LogP contribution in [0, 0.1) is 11.7 Å². The first kappa shape index (κ1) is 13.3. The van der Waals surface area contributed by atoms with Crippen molar-refractivity contribution in [1.29, 1.82) is 0 Å². The highest BCUT2D eigenvalue weighted by Crippen LogP contribution is 2.32. The molecule has 0 amide bonds. The predicted octanol–water partition coefficient (Wildman–Crippen LogP) is 2.09. The lowest BCUT2D eigenvalue weighted by atomic mass is 10.0. The SMILES string of the molecule is CC(O)C1CCN(c2ccc(F)cc2[C@@H](C)O)C1. The first-order valence-electron chi connectivity index (χ1n) is 6.39. The molecule has 0 saturated carbocycles. The fourth-order valence-corrected chi connectivity index (χ4v) is 2.55. The van der Waals surface area contributed by atoms with E-state index in [2.05, 4.69) is 4.90 Å². The van der Waals surface area contributed by atoms with Gasteiger partial charge in [0.05, 0.1) is 12.2 Å². The van der Waals surface area contributed by atoms with Crippen LogP contribution in [0.15, 0.2) is 18.2 Å². The summed E-state index contributed by atoms with van der Waals surface area (Å²) < 4.78 is 13.2. The lowest BCUT2D eigenvalue weighted by molar-refractivity contribution is 0.136. The third-order valence-electron chi connectivity index (χ3n) is 3.69. The molecule has 1 heterocycles. The van der Waals surface area contributed by atoms with Crippen molar-refractivity contribution in [3.8, 4) is 0 Å². The molecule has 4 heteroatoms. The van der Waals surface area contributed by atoms with Gasteiger partial charge in [-0.2, -0.15) is 0 Å². The van der Waals surface area contributed by atoms with Crippen molar-refractivity contribution in [2.45, 2.75) is 32.5 Å². The maximum absolute atomic E-state index is 13.2. The van der Waals surface area contributed by atoms with Gasteiger partial charge in [0.2, 0.25) is 0 Å². The Kier molecular flexibility index (Phi) is 3.88. The van der Waals surface area contributed by atoms with Crippen LogP contribution in [0.3, 0.4) is 0 Å². The van der Waals surface area contributed by atoms with Gasteiger partial charge in [-0.05, 0) is 38.5 Å². The summed E-state index contributed by atoms with van der Waals surface area (Å²) in [5.41, 5.74) is 1.48. The van der Waals surface area contributed by atoms with E-state index in [1.54, 1.807) is 19.9 Å². The summed E-state index contributed by atoms with van der Waals surface area (Å²) in [4.78, 5) is 2.11. The Morgan fingerprint density at radius 1 is 1.33 bits per heavy atom. The van der Waals surface area contributed by atoms with Gasteiger partial charge in [0.1, 0.15) is 5.82 Å². The Bertz CT molecular complexity index is 420. The average molecular weight is 253 g/mol. The number of rotatable bonds is 3. The Morgan fingerprint density at radius 3 is 2.61 bits per heavy atom. The van der Waals surface area contributed by atoms with Crippen LogP contribution in [0.4, 0.5) is 10.1 Å². The summed E-state index contributed by atoms with van der Waals surface area (Å²) >= 11 is 0. The van der Waals surface area contributed by atoms with Crippen LogP contribution in [0.2, 0.25) is 0 Å². The van der Waals surface area contributed by atoms with E-state index in [0.29, 0.717) is 5.56 Å². The zero-order chi connectivity index (χ0) is 13.3. The highest BCUT2D eigenvalue weighted by atomic mass is 19.1. The van der Waals surface area contributed by atoms with Crippen molar-refractivity contribution < 1.29 is 14.6 Å². The number of anilines is 1. The molecule has 1 aliphatic rings. The second kappa shape index (κ2) is 5.24. The normalized spacial score (nSPS) is 23.2. The molecule has 2 N–H and O–H groups in total. The van der Waals surface area contributed by atoms with Crippen LogP contribution < -0.4 is 4.90 Å². The summed E-state index contributed by atoms with van der Waals surface area (Å²) in [7, 11) is 0. The number of nitrogens with zero attached hydrogens (tertiary/aromatic N) is 1. The number of halogens is 1. The molecule has 0 aliphatic carbocycles. The van der Waals surface area contributed by atoms with Gasteiger partial charge in [0.15, 0.2) is 0 Å². The topological polar surface area (TPSA) is 43.7 Å². The minimum absolute atomic E-state index is 0.247. The summed E-state index contributed by atoms with van der Waals surface area (Å²) in [6, 6.07) is 4.51. The second-order valence-corrected chi connectivity index (χ2v) is 5.11. The van der Waals surface area contributed by atoms with Gasteiger partial charge in [-0.1, -0.05) is 0 Å². The Labute approximate surface area is 107 Å². The van der Waals surface area contributed by atoms with Crippen molar-refractivity contribution in [2.24, 2.45) is 5.92 Å². The molecular formula is C14H20FNO2. The predicted molar refractivity (Wildman–Crippen MR) is 69.0 cm³/mol. The Hall–Kier alpha value is -1.13. The molecule has 0 spiro atoms. The monoisotopic (exact) mass is 253 g/mol. The van der Waals surface area contributed by atoms with Crippen molar-refractivity contribution in [2.75, 3.05) is 18.0 Å². The van der Waals surface area contributed by atoms with E-state index in [1.165, 1.54) is 12.1 Å². The molecular weight excluding hydrogens is 233 g/mol. The minimum Gasteiger partial charge on any atom is -0.393 e. The van der Waals surface area contributed by atoms with E-state index in [1.807, 2.05) is 0 Å². The van der Waals surface area contributed by atoms with Crippen molar-refractivity contribution in [3.63, 3.8) is 0 Å². The molecule has 0 radical (unpaired) electrons. The van der Waals surface area contributed by atoms with Crippen LogP contribution in [-0.2, 0) is 0 Å². The summed E-state index contributed by atoms with van der Waals surface area (Å²) in [5, 5.41) is 19.3. The number of hydrogen-bond acceptors (Lipinski definition) is 3. The summed E-state index contributed by atoms with van der Waals surface area (Å²) in [6.07, 6.45) is -0.0966. The van der Waals surface area contributed by atoms with Crippen molar-refractivity contribution >= 4 is 5.69 Å². The maximum Gasteiger partial charge on any atom is 0.123 e.